The Morgan fingerprint density at radius 1 is 1.26 bits per heavy atom. The van der Waals surface area contributed by atoms with Gasteiger partial charge in [0.05, 0.1) is 5.75 Å². The van der Waals surface area contributed by atoms with Gasteiger partial charge in [-0.3, -0.25) is 4.79 Å². The molecule has 0 radical (unpaired) electrons. The molecule has 0 bridgehead atoms. The fraction of sp³-hybridized carbons (Fsp3) is 0.533. The Bertz CT molecular complexity index is 396. The van der Waals surface area contributed by atoms with Gasteiger partial charge in [-0.15, -0.1) is 11.8 Å². The summed E-state index contributed by atoms with van der Waals surface area (Å²) in [5.74, 6) is 1.37. The number of nitrogens with one attached hydrogen (secondary N) is 1. The summed E-state index contributed by atoms with van der Waals surface area (Å²) >= 11 is 1.56. The fourth-order valence-corrected chi connectivity index (χ4v) is 3.33. The molecule has 4 heteroatoms. The SMILES string of the molecule is O=C(CSc1ccccc1)NCC1CCCC1CO. The molecule has 2 N–H and O–H groups in total. The lowest BCUT2D eigenvalue weighted by Crippen LogP contribution is -2.32. The molecule has 2 rings (SSSR count). The molecule has 1 aliphatic rings. The van der Waals surface area contributed by atoms with Crippen LogP contribution in [0.1, 0.15) is 19.3 Å². The fourth-order valence-electron chi connectivity index (χ4n) is 2.58. The van der Waals surface area contributed by atoms with Crippen LogP contribution in [-0.2, 0) is 4.79 Å². The number of aliphatic hydroxyl groups is 1. The Balaban J connectivity index is 1.67. The van der Waals surface area contributed by atoms with Gasteiger partial charge < -0.3 is 10.4 Å². The molecule has 2 atom stereocenters. The van der Waals surface area contributed by atoms with Gasteiger partial charge in [0.1, 0.15) is 0 Å². The third kappa shape index (κ3) is 4.55. The zero-order chi connectivity index (χ0) is 13.5. The number of hydrogen-bond acceptors (Lipinski definition) is 3. The van der Waals surface area contributed by atoms with Crippen LogP contribution in [0.2, 0.25) is 0 Å². The molecular formula is C15H21NO2S. The first kappa shape index (κ1) is 14.4. The van der Waals surface area contributed by atoms with E-state index in [4.69, 9.17) is 0 Å². The number of rotatable bonds is 6. The van der Waals surface area contributed by atoms with Gasteiger partial charge in [0.25, 0.3) is 0 Å². The zero-order valence-corrected chi connectivity index (χ0v) is 11.9. The second-order valence-electron chi connectivity index (χ2n) is 5.04. The van der Waals surface area contributed by atoms with Gasteiger partial charge in [-0.25, -0.2) is 0 Å². The maximum atomic E-state index is 11.8. The van der Waals surface area contributed by atoms with E-state index in [9.17, 15) is 9.90 Å². The maximum Gasteiger partial charge on any atom is 0.230 e. The lowest BCUT2D eigenvalue weighted by molar-refractivity contribution is -0.118. The first-order chi connectivity index (χ1) is 9.29. The number of aliphatic hydroxyl groups excluding tert-OH is 1. The van der Waals surface area contributed by atoms with Crippen molar-refractivity contribution in [2.24, 2.45) is 11.8 Å². The molecule has 1 saturated carbocycles. The van der Waals surface area contributed by atoms with Crippen molar-refractivity contribution in [1.82, 2.24) is 5.32 Å². The van der Waals surface area contributed by atoms with E-state index in [0.717, 1.165) is 17.7 Å². The third-order valence-electron chi connectivity index (χ3n) is 3.73. The Labute approximate surface area is 118 Å². The van der Waals surface area contributed by atoms with Crippen LogP contribution in [0.5, 0.6) is 0 Å². The molecule has 1 aromatic rings. The van der Waals surface area contributed by atoms with Crippen LogP contribution in [0.15, 0.2) is 35.2 Å². The van der Waals surface area contributed by atoms with Crippen molar-refractivity contribution in [2.45, 2.75) is 24.2 Å². The van der Waals surface area contributed by atoms with Crippen LogP contribution in [0.4, 0.5) is 0 Å². The highest BCUT2D eigenvalue weighted by Gasteiger charge is 2.26. The normalized spacial score (nSPS) is 22.4. The van der Waals surface area contributed by atoms with Crippen LogP contribution in [0.25, 0.3) is 0 Å². The van der Waals surface area contributed by atoms with Gasteiger partial charge in [-0.2, -0.15) is 0 Å². The highest BCUT2D eigenvalue weighted by Crippen LogP contribution is 2.30. The highest BCUT2D eigenvalue weighted by atomic mass is 32.2. The topological polar surface area (TPSA) is 49.3 Å². The molecule has 0 aromatic heterocycles. The van der Waals surface area contributed by atoms with E-state index in [1.807, 2.05) is 30.3 Å². The van der Waals surface area contributed by atoms with E-state index >= 15 is 0 Å². The van der Waals surface area contributed by atoms with Gasteiger partial charge >= 0.3 is 0 Å². The summed E-state index contributed by atoms with van der Waals surface area (Å²) in [6.45, 7) is 0.957. The molecule has 1 aliphatic carbocycles. The van der Waals surface area contributed by atoms with Gasteiger partial charge in [0, 0.05) is 18.0 Å². The lowest BCUT2D eigenvalue weighted by atomic mass is 9.97. The number of carbonyl (C=O) groups is 1. The molecule has 3 nitrogen and oxygen atoms in total. The standard InChI is InChI=1S/C15H21NO2S/c17-10-13-6-4-5-12(13)9-16-15(18)11-19-14-7-2-1-3-8-14/h1-3,7-8,12-13,17H,4-6,9-11H2,(H,16,18). The molecule has 0 spiro atoms. The van der Waals surface area contributed by atoms with Crippen molar-refractivity contribution in [2.75, 3.05) is 18.9 Å². The van der Waals surface area contributed by atoms with Crippen LogP contribution in [0.3, 0.4) is 0 Å². The van der Waals surface area contributed by atoms with Crippen LogP contribution >= 0.6 is 11.8 Å². The Hall–Kier alpha value is -1.00. The van der Waals surface area contributed by atoms with Crippen molar-refractivity contribution in [1.29, 1.82) is 0 Å². The van der Waals surface area contributed by atoms with Crippen molar-refractivity contribution in [3.8, 4) is 0 Å². The molecule has 1 fully saturated rings. The van der Waals surface area contributed by atoms with Crippen molar-refractivity contribution >= 4 is 17.7 Å². The first-order valence-electron chi connectivity index (χ1n) is 6.85. The summed E-state index contributed by atoms with van der Waals surface area (Å²) < 4.78 is 0. The molecule has 0 aliphatic heterocycles. The van der Waals surface area contributed by atoms with Crippen LogP contribution in [-0.4, -0.2) is 29.9 Å². The van der Waals surface area contributed by atoms with Crippen molar-refractivity contribution in [3.63, 3.8) is 0 Å². The lowest BCUT2D eigenvalue weighted by Gasteiger charge is -2.17. The second kappa shape index (κ2) is 7.56. The van der Waals surface area contributed by atoms with Crippen molar-refractivity contribution < 1.29 is 9.90 Å². The van der Waals surface area contributed by atoms with Crippen LogP contribution < -0.4 is 5.32 Å². The average molecular weight is 279 g/mol. The molecule has 1 aromatic carbocycles. The zero-order valence-electron chi connectivity index (χ0n) is 11.0. The summed E-state index contributed by atoms with van der Waals surface area (Å²) in [6.07, 6.45) is 3.39. The highest BCUT2D eigenvalue weighted by molar-refractivity contribution is 8.00. The van der Waals surface area contributed by atoms with Gasteiger partial charge in [0.2, 0.25) is 5.91 Å². The Morgan fingerprint density at radius 3 is 2.74 bits per heavy atom. The molecule has 2 unspecified atom stereocenters. The number of hydrogen-bond donors (Lipinski definition) is 2. The maximum absolute atomic E-state index is 11.8. The van der Waals surface area contributed by atoms with Gasteiger partial charge in [-0.1, -0.05) is 24.6 Å². The largest absolute Gasteiger partial charge is 0.396 e. The number of benzene rings is 1. The van der Waals surface area contributed by atoms with E-state index in [2.05, 4.69) is 5.32 Å². The summed E-state index contributed by atoms with van der Waals surface area (Å²) in [4.78, 5) is 12.9. The number of carbonyl (C=O) groups excluding carboxylic acids is 1. The quantitative estimate of drug-likeness (QED) is 0.786. The molecule has 0 heterocycles. The minimum absolute atomic E-state index is 0.0810. The summed E-state index contributed by atoms with van der Waals surface area (Å²) in [7, 11) is 0. The molecule has 0 saturated heterocycles. The van der Waals surface area contributed by atoms with Crippen molar-refractivity contribution in [3.05, 3.63) is 30.3 Å². The van der Waals surface area contributed by atoms with E-state index in [1.165, 1.54) is 6.42 Å². The molecular weight excluding hydrogens is 258 g/mol. The van der Waals surface area contributed by atoms with Crippen LogP contribution in [0, 0.1) is 11.8 Å². The minimum Gasteiger partial charge on any atom is -0.396 e. The second-order valence-corrected chi connectivity index (χ2v) is 6.09. The summed E-state index contributed by atoms with van der Waals surface area (Å²) in [5.41, 5.74) is 0. The van der Waals surface area contributed by atoms with Gasteiger partial charge in [0.15, 0.2) is 0 Å². The molecule has 104 valence electrons. The first-order valence-corrected chi connectivity index (χ1v) is 7.83. The summed E-state index contributed by atoms with van der Waals surface area (Å²) in [5, 5.41) is 12.2. The average Bonchev–Trinajstić information content (AvgIpc) is 2.91. The molecule has 1 amide bonds. The van der Waals surface area contributed by atoms with E-state index in [1.54, 1.807) is 11.8 Å². The number of thioether (sulfide) groups is 1. The van der Waals surface area contributed by atoms with E-state index < -0.39 is 0 Å². The smallest absolute Gasteiger partial charge is 0.230 e. The van der Waals surface area contributed by atoms with E-state index in [0.29, 0.717) is 24.1 Å². The number of amides is 1. The monoisotopic (exact) mass is 279 g/mol. The van der Waals surface area contributed by atoms with E-state index in [-0.39, 0.29) is 12.5 Å². The molecule has 19 heavy (non-hydrogen) atoms. The van der Waals surface area contributed by atoms with Gasteiger partial charge in [-0.05, 0) is 36.8 Å². The Kier molecular flexibility index (Phi) is 5.73. The minimum atomic E-state index is 0.0810. The summed E-state index contributed by atoms with van der Waals surface area (Å²) in [6, 6.07) is 9.95. The predicted octanol–water partition coefficient (Wildman–Crippen LogP) is 2.30. The Morgan fingerprint density at radius 2 is 2.00 bits per heavy atom. The predicted molar refractivity (Wildman–Crippen MR) is 78.1 cm³/mol. The third-order valence-corrected chi connectivity index (χ3v) is 4.74.